The maximum absolute atomic E-state index is 13.0. The zero-order valence-electron chi connectivity index (χ0n) is 16.9. The standard InChI is InChI=1S/C23H27N3O4/c27-20(14-15-24-23(29)25-19-12-6-2-7-13-19)30-21(18-10-4-1-5-11-18)22(28)26-16-8-3-9-17-26/h1-2,4-7,10-13,21H,3,8-9,14-17H2,(H2,24,25,29)/t21-/m1/s1. The van der Waals surface area contributed by atoms with Crippen molar-refractivity contribution in [3.63, 3.8) is 0 Å². The molecule has 1 aliphatic rings. The molecule has 0 bridgehead atoms. The summed E-state index contributed by atoms with van der Waals surface area (Å²) in [7, 11) is 0. The van der Waals surface area contributed by atoms with Crippen LogP contribution in [0.4, 0.5) is 10.5 Å². The van der Waals surface area contributed by atoms with Gasteiger partial charge in [0.2, 0.25) is 6.10 Å². The van der Waals surface area contributed by atoms with E-state index >= 15 is 0 Å². The Labute approximate surface area is 176 Å². The first-order valence-electron chi connectivity index (χ1n) is 10.3. The monoisotopic (exact) mass is 409 g/mol. The van der Waals surface area contributed by atoms with E-state index in [1.807, 2.05) is 36.4 Å². The first-order chi connectivity index (χ1) is 14.6. The lowest BCUT2D eigenvalue weighted by molar-refractivity contribution is -0.161. The van der Waals surface area contributed by atoms with Gasteiger partial charge in [-0.2, -0.15) is 0 Å². The van der Waals surface area contributed by atoms with Crippen molar-refractivity contribution in [3.8, 4) is 0 Å². The number of piperidine rings is 1. The van der Waals surface area contributed by atoms with Gasteiger partial charge in [0.05, 0.1) is 6.42 Å². The van der Waals surface area contributed by atoms with Crippen LogP contribution in [0.2, 0.25) is 0 Å². The summed E-state index contributed by atoms with van der Waals surface area (Å²) in [5.74, 6) is -0.724. The number of nitrogens with one attached hydrogen (secondary N) is 2. The van der Waals surface area contributed by atoms with Crippen LogP contribution in [0.3, 0.4) is 0 Å². The molecule has 7 heteroatoms. The summed E-state index contributed by atoms with van der Waals surface area (Å²) in [5, 5.41) is 5.30. The van der Waals surface area contributed by atoms with E-state index < -0.39 is 18.1 Å². The van der Waals surface area contributed by atoms with Crippen LogP contribution in [0.25, 0.3) is 0 Å². The number of carbonyl (C=O) groups is 3. The van der Waals surface area contributed by atoms with Gasteiger partial charge in [0.25, 0.3) is 5.91 Å². The molecule has 1 fully saturated rings. The lowest BCUT2D eigenvalue weighted by Gasteiger charge is -2.30. The Kier molecular flexibility index (Phi) is 7.83. The minimum absolute atomic E-state index is 0.0289. The zero-order chi connectivity index (χ0) is 21.2. The lowest BCUT2D eigenvalue weighted by atomic mass is 10.1. The molecule has 1 aliphatic heterocycles. The van der Waals surface area contributed by atoms with Crippen molar-refractivity contribution in [1.29, 1.82) is 0 Å². The highest BCUT2D eigenvalue weighted by atomic mass is 16.5. The molecule has 2 N–H and O–H groups in total. The predicted octanol–water partition coefficient (Wildman–Crippen LogP) is 3.50. The van der Waals surface area contributed by atoms with Crippen LogP contribution >= 0.6 is 0 Å². The van der Waals surface area contributed by atoms with E-state index in [0.717, 1.165) is 19.3 Å². The number of rotatable bonds is 7. The van der Waals surface area contributed by atoms with Crippen molar-refractivity contribution in [2.24, 2.45) is 0 Å². The molecule has 0 radical (unpaired) electrons. The van der Waals surface area contributed by atoms with Crippen LogP contribution in [0.5, 0.6) is 0 Å². The number of hydrogen-bond donors (Lipinski definition) is 2. The summed E-state index contributed by atoms with van der Waals surface area (Å²) in [5.41, 5.74) is 1.31. The quantitative estimate of drug-likeness (QED) is 0.685. The Morgan fingerprint density at radius 2 is 1.53 bits per heavy atom. The minimum Gasteiger partial charge on any atom is -0.447 e. The van der Waals surface area contributed by atoms with Gasteiger partial charge in [-0.15, -0.1) is 0 Å². The molecule has 7 nitrogen and oxygen atoms in total. The number of anilines is 1. The van der Waals surface area contributed by atoms with Gasteiger partial charge in [0.1, 0.15) is 0 Å². The van der Waals surface area contributed by atoms with E-state index in [2.05, 4.69) is 10.6 Å². The Hall–Kier alpha value is -3.35. The highest BCUT2D eigenvalue weighted by Gasteiger charge is 2.30. The summed E-state index contributed by atoms with van der Waals surface area (Å²) in [6, 6.07) is 17.7. The van der Waals surface area contributed by atoms with Crippen LogP contribution < -0.4 is 10.6 Å². The third-order valence-corrected chi connectivity index (χ3v) is 4.89. The molecule has 158 valence electrons. The molecular weight excluding hydrogens is 382 g/mol. The minimum atomic E-state index is -0.963. The SMILES string of the molecule is O=C(NCCC(=O)O[C@@H](C(=O)N1CCCCC1)c1ccccc1)Nc1ccccc1. The van der Waals surface area contributed by atoms with Crippen LogP contribution in [0.15, 0.2) is 60.7 Å². The van der Waals surface area contributed by atoms with E-state index in [1.54, 1.807) is 29.2 Å². The molecule has 0 spiro atoms. The van der Waals surface area contributed by atoms with Gasteiger partial charge >= 0.3 is 12.0 Å². The first kappa shape index (κ1) is 21.4. The molecule has 0 unspecified atom stereocenters. The van der Waals surface area contributed by atoms with Crippen molar-refractivity contribution in [1.82, 2.24) is 10.2 Å². The summed E-state index contributed by atoms with van der Waals surface area (Å²) in [4.78, 5) is 39.1. The first-order valence-corrected chi connectivity index (χ1v) is 10.3. The van der Waals surface area contributed by atoms with Crippen LogP contribution in [-0.2, 0) is 14.3 Å². The average Bonchev–Trinajstić information content (AvgIpc) is 2.79. The predicted molar refractivity (Wildman–Crippen MR) is 114 cm³/mol. The Morgan fingerprint density at radius 1 is 0.900 bits per heavy atom. The van der Waals surface area contributed by atoms with Crippen molar-refractivity contribution >= 4 is 23.6 Å². The molecular formula is C23H27N3O4. The Balaban J connectivity index is 1.52. The molecule has 30 heavy (non-hydrogen) atoms. The zero-order valence-corrected chi connectivity index (χ0v) is 16.9. The average molecular weight is 409 g/mol. The van der Waals surface area contributed by atoms with E-state index in [1.165, 1.54) is 0 Å². The molecule has 1 atom stereocenters. The molecule has 0 aromatic heterocycles. The number of para-hydroxylation sites is 1. The Bertz CT molecular complexity index is 836. The number of nitrogens with zero attached hydrogens (tertiary/aromatic N) is 1. The van der Waals surface area contributed by atoms with Gasteiger partial charge in [-0.25, -0.2) is 4.79 Å². The second kappa shape index (κ2) is 11.0. The highest BCUT2D eigenvalue weighted by molar-refractivity contribution is 5.89. The number of esters is 1. The fraction of sp³-hybridized carbons (Fsp3) is 0.348. The number of amides is 3. The maximum atomic E-state index is 13.0. The molecule has 1 heterocycles. The normalized spacial score (nSPS) is 14.5. The largest absolute Gasteiger partial charge is 0.447 e. The van der Waals surface area contributed by atoms with Gasteiger partial charge < -0.3 is 20.3 Å². The molecule has 1 saturated heterocycles. The molecule has 3 amide bonds. The fourth-order valence-corrected chi connectivity index (χ4v) is 3.33. The third kappa shape index (κ3) is 6.34. The van der Waals surface area contributed by atoms with E-state index in [9.17, 15) is 14.4 Å². The number of hydrogen-bond acceptors (Lipinski definition) is 4. The van der Waals surface area contributed by atoms with Gasteiger partial charge in [0.15, 0.2) is 0 Å². The second-order valence-corrected chi connectivity index (χ2v) is 7.16. The maximum Gasteiger partial charge on any atom is 0.319 e. The molecule has 0 saturated carbocycles. The fourth-order valence-electron chi connectivity index (χ4n) is 3.33. The molecule has 2 aromatic rings. The molecule has 0 aliphatic carbocycles. The van der Waals surface area contributed by atoms with Gasteiger partial charge in [0, 0.05) is 30.9 Å². The number of benzene rings is 2. The number of urea groups is 1. The topological polar surface area (TPSA) is 87.7 Å². The Morgan fingerprint density at radius 3 is 2.20 bits per heavy atom. The smallest absolute Gasteiger partial charge is 0.319 e. The summed E-state index contributed by atoms with van der Waals surface area (Å²) in [6.07, 6.45) is 2.04. The van der Waals surface area contributed by atoms with Gasteiger partial charge in [-0.05, 0) is 31.4 Å². The molecule has 2 aromatic carbocycles. The van der Waals surface area contributed by atoms with E-state index in [4.69, 9.17) is 4.74 Å². The van der Waals surface area contributed by atoms with E-state index in [0.29, 0.717) is 24.3 Å². The summed E-state index contributed by atoms with van der Waals surface area (Å²) >= 11 is 0. The number of ether oxygens (including phenoxy) is 1. The highest BCUT2D eigenvalue weighted by Crippen LogP contribution is 2.23. The number of carbonyl (C=O) groups excluding carboxylic acids is 3. The van der Waals surface area contributed by atoms with Gasteiger partial charge in [-0.3, -0.25) is 9.59 Å². The van der Waals surface area contributed by atoms with Crippen molar-refractivity contribution in [2.45, 2.75) is 31.8 Å². The van der Waals surface area contributed by atoms with E-state index in [-0.39, 0.29) is 18.9 Å². The van der Waals surface area contributed by atoms with Crippen LogP contribution in [0.1, 0.15) is 37.4 Å². The third-order valence-electron chi connectivity index (χ3n) is 4.89. The lowest BCUT2D eigenvalue weighted by Crippen LogP contribution is -2.40. The van der Waals surface area contributed by atoms with Crippen LogP contribution in [0, 0.1) is 0 Å². The second-order valence-electron chi connectivity index (χ2n) is 7.16. The summed E-state index contributed by atoms with van der Waals surface area (Å²) in [6.45, 7) is 1.47. The van der Waals surface area contributed by atoms with Crippen molar-refractivity contribution < 1.29 is 19.1 Å². The summed E-state index contributed by atoms with van der Waals surface area (Å²) < 4.78 is 5.55. The van der Waals surface area contributed by atoms with Crippen molar-refractivity contribution in [2.75, 3.05) is 25.0 Å². The van der Waals surface area contributed by atoms with Crippen molar-refractivity contribution in [3.05, 3.63) is 66.2 Å². The molecule has 3 rings (SSSR count). The number of likely N-dealkylation sites (tertiary alicyclic amines) is 1. The van der Waals surface area contributed by atoms with Crippen LogP contribution in [-0.4, -0.2) is 42.4 Å². The van der Waals surface area contributed by atoms with Gasteiger partial charge in [-0.1, -0.05) is 48.5 Å².